The third-order valence-electron chi connectivity index (χ3n) is 2.76. The summed E-state index contributed by atoms with van der Waals surface area (Å²) in [6.45, 7) is 3.19. The standard InChI is InChI=1S/C16H20N2S/c1-2-9-17-15-8-10-18-16(11-15)13-19-12-14-6-4-3-5-7-14/h3-8,10-11H,2,9,12-13H2,1H3,(H,17,18). The fraction of sp³-hybridized carbons (Fsp3) is 0.312. The van der Waals surface area contributed by atoms with Gasteiger partial charge in [-0.15, -0.1) is 0 Å². The van der Waals surface area contributed by atoms with Gasteiger partial charge in [0.05, 0.1) is 5.69 Å². The second kappa shape index (κ2) is 7.85. The highest BCUT2D eigenvalue weighted by Crippen LogP contribution is 2.18. The first-order chi connectivity index (χ1) is 9.38. The summed E-state index contributed by atoms with van der Waals surface area (Å²) in [6, 6.07) is 14.7. The van der Waals surface area contributed by atoms with E-state index in [2.05, 4.69) is 53.6 Å². The van der Waals surface area contributed by atoms with E-state index in [1.807, 2.05) is 24.0 Å². The first kappa shape index (κ1) is 13.9. The van der Waals surface area contributed by atoms with Gasteiger partial charge in [-0.25, -0.2) is 0 Å². The molecule has 0 aliphatic rings. The maximum Gasteiger partial charge on any atom is 0.0523 e. The summed E-state index contributed by atoms with van der Waals surface area (Å²) in [5.74, 6) is 1.99. The third-order valence-corrected chi connectivity index (χ3v) is 3.79. The van der Waals surface area contributed by atoms with Crippen LogP contribution in [-0.4, -0.2) is 11.5 Å². The molecule has 2 rings (SSSR count). The molecule has 0 saturated heterocycles. The Morgan fingerprint density at radius 3 is 2.74 bits per heavy atom. The normalized spacial score (nSPS) is 10.4. The van der Waals surface area contributed by atoms with E-state index >= 15 is 0 Å². The monoisotopic (exact) mass is 272 g/mol. The molecule has 0 saturated carbocycles. The number of benzene rings is 1. The van der Waals surface area contributed by atoms with E-state index in [4.69, 9.17) is 0 Å². The number of hydrogen-bond donors (Lipinski definition) is 1. The van der Waals surface area contributed by atoms with E-state index in [-0.39, 0.29) is 0 Å². The lowest BCUT2D eigenvalue weighted by molar-refractivity contribution is 0.977. The summed E-state index contributed by atoms with van der Waals surface area (Å²) >= 11 is 1.90. The molecule has 0 amide bonds. The Balaban J connectivity index is 1.82. The lowest BCUT2D eigenvalue weighted by Crippen LogP contribution is -2.00. The Bertz CT molecular complexity index is 485. The molecule has 0 bridgehead atoms. The Morgan fingerprint density at radius 2 is 1.95 bits per heavy atom. The smallest absolute Gasteiger partial charge is 0.0523 e. The maximum atomic E-state index is 4.42. The quantitative estimate of drug-likeness (QED) is 0.811. The molecule has 1 aromatic heterocycles. The average Bonchev–Trinajstić information content (AvgIpc) is 2.47. The van der Waals surface area contributed by atoms with Crippen molar-refractivity contribution >= 4 is 17.4 Å². The number of thioether (sulfide) groups is 1. The Morgan fingerprint density at radius 1 is 1.11 bits per heavy atom. The second-order valence-electron chi connectivity index (χ2n) is 4.44. The molecule has 19 heavy (non-hydrogen) atoms. The summed E-state index contributed by atoms with van der Waals surface area (Å²) in [7, 11) is 0. The molecule has 0 atom stereocenters. The third kappa shape index (κ3) is 4.95. The van der Waals surface area contributed by atoms with Crippen LogP contribution in [0.25, 0.3) is 0 Å². The van der Waals surface area contributed by atoms with Crippen LogP contribution < -0.4 is 5.32 Å². The van der Waals surface area contributed by atoms with Crippen LogP contribution in [0.4, 0.5) is 5.69 Å². The minimum Gasteiger partial charge on any atom is -0.385 e. The fourth-order valence-corrected chi connectivity index (χ4v) is 2.68. The van der Waals surface area contributed by atoms with Crippen molar-refractivity contribution in [3.63, 3.8) is 0 Å². The van der Waals surface area contributed by atoms with Crippen LogP contribution >= 0.6 is 11.8 Å². The van der Waals surface area contributed by atoms with E-state index in [9.17, 15) is 0 Å². The number of aromatic nitrogens is 1. The summed E-state index contributed by atoms with van der Waals surface area (Å²) < 4.78 is 0. The summed E-state index contributed by atoms with van der Waals surface area (Å²) in [6.07, 6.45) is 3.02. The van der Waals surface area contributed by atoms with Crippen molar-refractivity contribution in [3.05, 3.63) is 59.9 Å². The molecule has 2 nitrogen and oxygen atoms in total. The van der Waals surface area contributed by atoms with Gasteiger partial charge in [-0.05, 0) is 24.1 Å². The van der Waals surface area contributed by atoms with Gasteiger partial charge in [0.1, 0.15) is 0 Å². The van der Waals surface area contributed by atoms with Gasteiger partial charge >= 0.3 is 0 Å². The molecular formula is C16H20N2S. The summed E-state index contributed by atoms with van der Waals surface area (Å²) in [4.78, 5) is 4.42. The van der Waals surface area contributed by atoms with E-state index < -0.39 is 0 Å². The van der Waals surface area contributed by atoms with Crippen LogP contribution in [0.1, 0.15) is 24.6 Å². The maximum absolute atomic E-state index is 4.42. The van der Waals surface area contributed by atoms with Crippen LogP contribution in [0.15, 0.2) is 48.7 Å². The van der Waals surface area contributed by atoms with Crippen molar-refractivity contribution in [1.82, 2.24) is 4.98 Å². The predicted octanol–water partition coefficient (Wildman–Crippen LogP) is 4.34. The van der Waals surface area contributed by atoms with Gasteiger partial charge in [0.15, 0.2) is 0 Å². The van der Waals surface area contributed by atoms with Crippen molar-refractivity contribution < 1.29 is 0 Å². The highest BCUT2D eigenvalue weighted by Gasteiger charge is 1.98. The van der Waals surface area contributed by atoms with Crippen LogP contribution in [0, 0.1) is 0 Å². The molecule has 1 heterocycles. The number of nitrogens with one attached hydrogen (secondary N) is 1. The lowest BCUT2D eigenvalue weighted by Gasteiger charge is -2.06. The van der Waals surface area contributed by atoms with E-state index in [1.54, 1.807) is 0 Å². The average molecular weight is 272 g/mol. The largest absolute Gasteiger partial charge is 0.385 e. The van der Waals surface area contributed by atoms with Gasteiger partial charge in [-0.3, -0.25) is 4.98 Å². The van der Waals surface area contributed by atoms with Gasteiger partial charge in [-0.2, -0.15) is 11.8 Å². The molecule has 2 aromatic rings. The number of anilines is 1. The number of nitrogens with zero attached hydrogens (tertiary/aromatic N) is 1. The minimum absolute atomic E-state index is 0.955. The molecule has 0 unspecified atom stereocenters. The predicted molar refractivity (Wildman–Crippen MR) is 84.5 cm³/mol. The van der Waals surface area contributed by atoms with Crippen molar-refractivity contribution in [1.29, 1.82) is 0 Å². The van der Waals surface area contributed by atoms with Gasteiger partial charge in [0.25, 0.3) is 0 Å². The van der Waals surface area contributed by atoms with Gasteiger partial charge < -0.3 is 5.32 Å². The Kier molecular flexibility index (Phi) is 5.76. The molecule has 3 heteroatoms. The van der Waals surface area contributed by atoms with Crippen molar-refractivity contribution in [2.75, 3.05) is 11.9 Å². The molecular weight excluding hydrogens is 252 g/mol. The lowest BCUT2D eigenvalue weighted by atomic mass is 10.2. The van der Waals surface area contributed by atoms with Crippen LogP contribution in [0.2, 0.25) is 0 Å². The molecule has 0 aliphatic heterocycles. The molecule has 0 aliphatic carbocycles. The zero-order valence-corrected chi connectivity index (χ0v) is 12.1. The number of hydrogen-bond acceptors (Lipinski definition) is 3. The van der Waals surface area contributed by atoms with E-state index in [0.29, 0.717) is 0 Å². The molecule has 0 radical (unpaired) electrons. The van der Waals surface area contributed by atoms with E-state index in [1.165, 1.54) is 11.3 Å². The van der Waals surface area contributed by atoms with Gasteiger partial charge in [-0.1, -0.05) is 37.3 Å². The molecule has 1 aromatic carbocycles. The first-order valence-corrected chi connectivity index (χ1v) is 7.84. The Labute approximate surface area is 119 Å². The highest BCUT2D eigenvalue weighted by atomic mass is 32.2. The summed E-state index contributed by atoms with van der Waals surface area (Å²) in [5, 5.41) is 3.39. The fourth-order valence-electron chi connectivity index (χ4n) is 1.78. The van der Waals surface area contributed by atoms with Crippen LogP contribution in [0.3, 0.4) is 0 Å². The molecule has 100 valence electrons. The Hall–Kier alpha value is -1.48. The van der Waals surface area contributed by atoms with Crippen LogP contribution in [0.5, 0.6) is 0 Å². The van der Waals surface area contributed by atoms with Gasteiger partial charge in [0.2, 0.25) is 0 Å². The summed E-state index contributed by atoms with van der Waals surface area (Å²) in [5.41, 5.74) is 3.68. The topological polar surface area (TPSA) is 24.9 Å². The van der Waals surface area contributed by atoms with E-state index in [0.717, 1.165) is 30.2 Å². The molecule has 0 fully saturated rings. The number of pyridine rings is 1. The van der Waals surface area contributed by atoms with Crippen molar-refractivity contribution in [3.8, 4) is 0 Å². The zero-order chi connectivity index (χ0) is 13.3. The SMILES string of the molecule is CCCNc1ccnc(CSCc2ccccc2)c1. The highest BCUT2D eigenvalue weighted by molar-refractivity contribution is 7.97. The minimum atomic E-state index is 0.955. The molecule has 0 spiro atoms. The van der Waals surface area contributed by atoms with Gasteiger partial charge in [0, 0.05) is 29.9 Å². The van der Waals surface area contributed by atoms with Crippen LogP contribution in [-0.2, 0) is 11.5 Å². The molecule has 1 N–H and O–H groups in total. The number of rotatable bonds is 7. The second-order valence-corrected chi connectivity index (χ2v) is 5.43. The van der Waals surface area contributed by atoms with Crippen molar-refractivity contribution in [2.24, 2.45) is 0 Å². The zero-order valence-electron chi connectivity index (χ0n) is 11.3. The van der Waals surface area contributed by atoms with Crippen molar-refractivity contribution in [2.45, 2.75) is 24.9 Å². The first-order valence-electron chi connectivity index (χ1n) is 6.69.